The SMILES string of the molecule is CCC1(CC)CCc2ccccc2-c2cc(C)c3ccccc3[n+]21. The molecule has 0 saturated heterocycles. The second-order valence-corrected chi connectivity index (χ2v) is 7.15. The van der Waals surface area contributed by atoms with Crippen molar-refractivity contribution >= 4 is 10.9 Å². The highest BCUT2D eigenvalue weighted by Gasteiger charge is 2.42. The molecule has 0 fully saturated rings. The summed E-state index contributed by atoms with van der Waals surface area (Å²) in [7, 11) is 0. The number of rotatable bonds is 2. The molecule has 2 aromatic carbocycles. The Balaban J connectivity index is 2.18. The molecule has 0 atom stereocenters. The van der Waals surface area contributed by atoms with Crippen LogP contribution >= 0.6 is 0 Å². The van der Waals surface area contributed by atoms with Crippen LogP contribution in [0.1, 0.15) is 44.2 Å². The van der Waals surface area contributed by atoms with E-state index in [-0.39, 0.29) is 5.54 Å². The molecule has 0 saturated carbocycles. The standard InChI is InChI=1S/C23H26N/c1-4-23(5-2)15-14-18-10-6-7-12-20(18)22-16-17(3)19-11-8-9-13-21(19)24(22)23/h6-13,16H,4-5,14-15H2,1-3H3/q+1. The molecule has 1 aliphatic heterocycles. The zero-order valence-corrected chi connectivity index (χ0v) is 15.0. The number of fused-ring (bicyclic) bond motifs is 5. The van der Waals surface area contributed by atoms with E-state index >= 15 is 0 Å². The van der Waals surface area contributed by atoms with E-state index in [9.17, 15) is 0 Å². The second kappa shape index (κ2) is 5.73. The molecule has 122 valence electrons. The summed E-state index contributed by atoms with van der Waals surface area (Å²) >= 11 is 0. The molecule has 0 amide bonds. The van der Waals surface area contributed by atoms with Crippen LogP contribution in [-0.2, 0) is 12.0 Å². The molecule has 0 unspecified atom stereocenters. The Hall–Kier alpha value is -2.15. The molecule has 0 radical (unpaired) electrons. The normalized spacial score (nSPS) is 15.6. The number of para-hydroxylation sites is 1. The number of aromatic nitrogens is 1. The number of benzene rings is 2. The minimum Gasteiger partial charge on any atom is -0.186 e. The highest BCUT2D eigenvalue weighted by Crippen LogP contribution is 2.37. The van der Waals surface area contributed by atoms with E-state index in [0.717, 1.165) is 6.42 Å². The molecule has 1 nitrogen and oxygen atoms in total. The van der Waals surface area contributed by atoms with Crippen LogP contribution in [0.15, 0.2) is 54.6 Å². The van der Waals surface area contributed by atoms with Crippen molar-refractivity contribution in [3.05, 3.63) is 65.7 Å². The summed E-state index contributed by atoms with van der Waals surface area (Å²) < 4.78 is 2.67. The minimum atomic E-state index is 0.196. The zero-order chi connectivity index (χ0) is 16.7. The summed E-state index contributed by atoms with van der Waals surface area (Å²) in [4.78, 5) is 0. The number of hydrogen-bond acceptors (Lipinski definition) is 0. The van der Waals surface area contributed by atoms with Gasteiger partial charge in [-0.2, -0.15) is 4.57 Å². The first-order valence-electron chi connectivity index (χ1n) is 9.23. The van der Waals surface area contributed by atoms with Crippen molar-refractivity contribution in [1.82, 2.24) is 0 Å². The topological polar surface area (TPSA) is 3.88 Å². The first-order valence-corrected chi connectivity index (χ1v) is 9.23. The van der Waals surface area contributed by atoms with E-state index in [2.05, 4.69) is 79.9 Å². The lowest BCUT2D eigenvalue weighted by atomic mass is 9.86. The van der Waals surface area contributed by atoms with Crippen molar-refractivity contribution in [2.45, 2.75) is 52.0 Å². The van der Waals surface area contributed by atoms with Crippen LogP contribution in [-0.4, -0.2) is 0 Å². The maximum atomic E-state index is 2.67. The maximum Gasteiger partial charge on any atom is 0.214 e. The molecule has 0 N–H and O–H groups in total. The Morgan fingerprint density at radius 2 is 1.67 bits per heavy atom. The first-order chi connectivity index (χ1) is 11.7. The van der Waals surface area contributed by atoms with Crippen molar-refractivity contribution in [1.29, 1.82) is 0 Å². The van der Waals surface area contributed by atoms with Gasteiger partial charge in [0.1, 0.15) is 0 Å². The summed E-state index contributed by atoms with van der Waals surface area (Å²) in [6.07, 6.45) is 4.71. The fourth-order valence-corrected chi connectivity index (χ4v) is 4.58. The summed E-state index contributed by atoms with van der Waals surface area (Å²) in [5.74, 6) is 0. The molecular weight excluding hydrogens is 290 g/mol. The Morgan fingerprint density at radius 3 is 2.46 bits per heavy atom. The Morgan fingerprint density at radius 1 is 0.958 bits per heavy atom. The average molecular weight is 316 g/mol. The van der Waals surface area contributed by atoms with Gasteiger partial charge in [-0.25, -0.2) is 0 Å². The van der Waals surface area contributed by atoms with Crippen LogP contribution in [0.3, 0.4) is 0 Å². The van der Waals surface area contributed by atoms with E-state index in [1.807, 2.05) is 0 Å². The Labute approximate surface area is 145 Å². The average Bonchev–Trinajstić information content (AvgIpc) is 2.77. The highest BCUT2D eigenvalue weighted by molar-refractivity contribution is 5.81. The van der Waals surface area contributed by atoms with Crippen LogP contribution in [0.25, 0.3) is 22.2 Å². The third kappa shape index (κ3) is 2.11. The lowest BCUT2D eigenvalue weighted by Crippen LogP contribution is -2.57. The van der Waals surface area contributed by atoms with Crippen LogP contribution in [0.4, 0.5) is 0 Å². The van der Waals surface area contributed by atoms with Gasteiger partial charge in [-0.3, -0.25) is 0 Å². The van der Waals surface area contributed by atoms with Gasteiger partial charge in [0.05, 0.1) is 0 Å². The van der Waals surface area contributed by atoms with E-state index < -0.39 is 0 Å². The second-order valence-electron chi connectivity index (χ2n) is 7.15. The summed E-state index contributed by atoms with van der Waals surface area (Å²) in [6.45, 7) is 6.95. The molecule has 2 heterocycles. The summed E-state index contributed by atoms with van der Waals surface area (Å²) in [6, 6.07) is 20.3. The first kappa shape index (κ1) is 15.4. The third-order valence-corrected chi connectivity index (χ3v) is 6.11. The molecule has 0 bridgehead atoms. The van der Waals surface area contributed by atoms with Crippen LogP contribution in [0, 0.1) is 6.92 Å². The maximum absolute atomic E-state index is 2.67. The molecule has 1 aromatic heterocycles. The number of aryl methyl sites for hydroxylation is 2. The van der Waals surface area contributed by atoms with Crippen molar-refractivity contribution in [2.75, 3.05) is 0 Å². The quantitative estimate of drug-likeness (QED) is 0.545. The molecular formula is C23H26N+. The Kier molecular flexibility index (Phi) is 3.68. The third-order valence-electron chi connectivity index (χ3n) is 6.11. The highest BCUT2D eigenvalue weighted by atomic mass is 15.1. The number of nitrogens with zero attached hydrogens (tertiary/aromatic N) is 1. The van der Waals surface area contributed by atoms with Crippen molar-refractivity contribution in [3.63, 3.8) is 0 Å². The van der Waals surface area contributed by atoms with E-state index in [1.165, 1.54) is 52.5 Å². The largest absolute Gasteiger partial charge is 0.214 e. The van der Waals surface area contributed by atoms with Crippen molar-refractivity contribution in [2.24, 2.45) is 0 Å². The van der Waals surface area contributed by atoms with Gasteiger partial charge in [-0.05, 0) is 36.6 Å². The number of pyridine rings is 1. The van der Waals surface area contributed by atoms with E-state index in [1.54, 1.807) is 0 Å². The molecule has 24 heavy (non-hydrogen) atoms. The van der Waals surface area contributed by atoms with Gasteiger partial charge in [-0.15, -0.1) is 0 Å². The van der Waals surface area contributed by atoms with E-state index in [0.29, 0.717) is 0 Å². The molecule has 1 heteroatoms. The lowest BCUT2D eigenvalue weighted by Gasteiger charge is -2.27. The van der Waals surface area contributed by atoms with Gasteiger partial charge in [0, 0.05) is 42.3 Å². The van der Waals surface area contributed by atoms with Gasteiger partial charge in [0.15, 0.2) is 5.54 Å². The Bertz CT molecular complexity index is 903. The lowest BCUT2D eigenvalue weighted by molar-refractivity contribution is -0.734. The van der Waals surface area contributed by atoms with Crippen LogP contribution in [0.5, 0.6) is 0 Å². The molecule has 3 aromatic rings. The monoisotopic (exact) mass is 316 g/mol. The molecule has 4 rings (SSSR count). The fourth-order valence-electron chi connectivity index (χ4n) is 4.58. The van der Waals surface area contributed by atoms with Crippen molar-refractivity contribution in [3.8, 4) is 11.3 Å². The van der Waals surface area contributed by atoms with Gasteiger partial charge in [-0.1, -0.05) is 44.2 Å². The van der Waals surface area contributed by atoms with Crippen molar-refractivity contribution < 1.29 is 4.57 Å². The summed E-state index contributed by atoms with van der Waals surface area (Å²) in [5, 5.41) is 1.38. The van der Waals surface area contributed by atoms with Gasteiger partial charge >= 0.3 is 0 Å². The number of hydrogen-bond donors (Lipinski definition) is 0. The molecule has 1 aliphatic rings. The van der Waals surface area contributed by atoms with Gasteiger partial charge in [0.25, 0.3) is 0 Å². The smallest absolute Gasteiger partial charge is 0.186 e. The van der Waals surface area contributed by atoms with Crippen LogP contribution in [0.2, 0.25) is 0 Å². The van der Waals surface area contributed by atoms with Crippen LogP contribution < -0.4 is 4.57 Å². The molecule has 0 spiro atoms. The summed E-state index contributed by atoms with van der Waals surface area (Å²) in [5.41, 5.74) is 7.24. The predicted octanol–water partition coefficient (Wildman–Crippen LogP) is 5.56. The zero-order valence-electron chi connectivity index (χ0n) is 15.0. The fraction of sp³-hybridized carbons (Fsp3) is 0.348. The predicted molar refractivity (Wildman–Crippen MR) is 101 cm³/mol. The minimum absolute atomic E-state index is 0.196. The molecule has 0 aliphatic carbocycles. The van der Waals surface area contributed by atoms with Gasteiger partial charge < -0.3 is 0 Å². The van der Waals surface area contributed by atoms with Gasteiger partial charge in [0.2, 0.25) is 11.2 Å². The van der Waals surface area contributed by atoms with E-state index in [4.69, 9.17) is 0 Å².